The molecule has 148 valence electrons. The van der Waals surface area contributed by atoms with E-state index in [0.717, 1.165) is 24.3 Å². The molecule has 2 aromatic carbocycles. The molecule has 3 rings (SSSR count). The number of thioether (sulfide) groups is 1. The molecule has 1 aliphatic heterocycles. The number of methoxy groups -OCH3 is 1. The standard InChI is InChI=1S/C21H24N2O4S/c1-26-19-12-15(28-2)9-10-17(19)21(25)23-18-8-4-3-7-16(18)20(24)22-13-14-6-5-11-27-14/h3-4,7-10,12,14H,5-6,11,13H2,1-2H3,(H,22,24)(H,23,25)/t14-/m0/s1. The number of carbonyl (C=O) groups excluding carboxylic acids is 2. The summed E-state index contributed by atoms with van der Waals surface area (Å²) in [4.78, 5) is 26.4. The molecule has 0 saturated carbocycles. The molecule has 1 atom stereocenters. The van der Waals surface area contributed by atoms with Crippen LogP contribution in [0.3, 0.4) is 0 Å². The number of rotatable bonds is 7. The van der Waals surface area contributed by atoms with Gasteiger partial charge in [-0.05, 0) is 49.4 Å². The SMILES string of the molecule is COc1cc(SC)ccc1C(=O)Nc1ccccc1C(=O)NC[C@@H]1CCCO1. The third-order valence-corrected chi connectivity index (χ3v) is 5.31. The van der Waals surface area contributed by atoms with E-state index in [1.165, 1.54) is 7.11 Å². The van der Waals surface area contributed by atoms with Gasteiger partial charge in [0, 0.05) is 18.0 Å². The number of ether oxygens (including phenoxy) is 2. The maximum atomic E-state index is 12.8. The van der Waals surface area contributed by atoms with Gasteiger partial charge < -0.3 is 20.1 Å². The Kier molecular flexibility index (Phi) is 6.95. The molecular formula is C21H24N2O4S. The Morgan fingerprint density at radius 3 is 2.71 bits per heavy atom. The highest BCUT2D eigenvalue weighted by Crippen LogP contribution is 2.26. The van der Waals surface area contributed by atoms with Gasteiger partial charge in [0.1, 0.15) is 5.75 Å². The fourth-order valence-electron chi connectivity index (χ4n) is 3.07. The van der Waals surface area contributed by atoms with Crippen LogP contribution in [0.4, 0.5) is 5.69 Å². The molecule has 6 nitrogen and oxygen atoms in total. The summed E-state index contributed by atoms with van der Waals surface area (Å²) in [6, 6.07) is 12.4. The van der Waals surface area contributed by atoms with Crippen LogP contribution in [0, 0.1) is 0 Å². The summed E-state index contributed by atoms with van der Waals surface area (Å²) in [5.74, 6) is -0.0790. The van der Waals surface area contributed by atoms with Gasteiger partial charge in [0.15, 0.2) is 0 Å². The highest BCUT2D eigenvalue weighted by Gasteiger charge is 2.19. The monoisotopic (exact) mass is 400 g/mol. The van der Waals surface area contributed by atoms with Crippen LogP contribution in [0.25, 0.3) is 0 Å². The molecule has 2 amide bonds. The first-order valence-corrected chi connectivity index (χ1v) is 10.4. The van der Waals surface area contributed by atoms with Gasteiger partial charge in [0.2, 0.25) is 0 Å². The van der Waals surface area contributed by atoms with Gasteiger partial charge >= 0.3 is 0 Å². The number of para-hydroxylation sites is 1. The topological polar surface area (TPSA) is 76.7 Å². The van der Waals surface area contributed by atoms with Crippen LogP contribution in [0.15, 0.2) is 47.4 Å². The van der Waals surface area contributed by atoms with Gasteiger partial charge in [0.25, 0.3) is 11.8 Å². The van der Waals surface area contributed by atoms with E-state index >= 15 is 0 Å². The van der Waals surface area contributed by atoms with Crippen LogP contribution >= 0.6 is 11.8 Å². The van der Waals surface area contributed by atoms with Crippen LogP contribution in [0.2, 0.25) is 0 Å². The third kappa shape index (κ3) is 4.85. The second kappa shape index (κ2) is 9.61. The fourth-order valence-corrected chi connectivity index (χ4v) is 3.50. The average Bonchev–Trinajstić information content (AvgIpc) is 3.25. The number of hydrogen-bond acceptors (Lipinski definition) is 5. The quantitative estimate of drug-likeness (QED) is 0.695. The molecule has 0 radical (unpaired) electrons. The lowest BCUT2D eigenvalue weighted by atomic mass is 10.1. The molecule has 0 aromatic heterocycles. The smallest absolute Gasteiger partial charge is 0.259 e. The number of nitrogens with one attached hydrogen (secondary N) is 2. The molecule has 1 fully saturated rings. The molecule has 1 heterocycles. The van der Waals surface area contributed by atoms with Crippen molar-refractivity contribution in [2.45, 2.75) is 23.8 Å². The van der Waals surface area contributed by atoms with Crippen LogP contribution in [-0.2, 0) is 4.74 Å². The van der Waals surface area contributed by atoms with Crippen molar-refractivity contribution in [2.75, 3.05) is 31.8 Å². The summed E-state index contributed by atoms with van der Waals surface area (Å²) in [5, 5.41) is 5.72. The summed E-state index contributed by atoms with van der Waals surface area (Å²) in [7, 11) is 1.53. The summed E-state index contributed by atoms with van der Waals surface area (Å²) >= 11 is 1.57. The minimum absolute atomic E-state index is 0.0601. The fraction of sp³-hybridized carbons (Fsp3) is 0.333. The summed E-state index contributed by atoms with van der Waals surface area (Å²) in [5.41, 5.74) is 1.27. The van der Waals surface area contributed by atoms with E-state index in [-0.39, 0.29) is 17.9 Å². The Labute approximate surface area is 169 Å². The van der Waals surface area contributed by atoms with E-state index in [1.807, 2.05) is 18.4 Å². The normalized spacial score (nSPS) is 15.9. The molecule has 7 heteroatoms. The van der Waals surface area contributed by atoms with E-state index in [1.54, 1.807) is 42.1 Å². The van der Waals surface area contributed by atoms with Gasteiger partial charge in [-0.25, -0.2) is 0 Å². The van der Waals surface area contributed by atoms with Gasteiger partial charge in [-0.15, -0.1) is 11.8 Å². The van der Waals surface area contributed by atoms with E-state index in [0.29, 0.717) is 29.1 Å². The predicted molar refractivity (Wildman–Crippen MR) is 110 cm³/mol. The lowest BCUT2D eigenvalue weighted by Crippen LogP contribution is -2.32. The molecule has 1 aliphatic rings. The van der Waals surface area contributed by atoms with Crippen LogP contribution < -0.4 is 15.4 Å². The van der Waals surface area contributed by atoms with Crippen molar-refractivity contribution in [1.82, 2.24) is 5.32 Å². The Morgan fingerprint density at radius 1 is 1.18 bits per heavy atom. The molecule has 2 aromatic rings. The minimum Gasteiger partial charge on any atom is -0.496 e. The van der Waals surface area contributed by atoms with E-state index in [2.05, 4.69) is 10.6 Å². The Hall–Kier alpha value is -2.51. The van der Waals surface area contributed by atoms with Gasteiger partial charge in [0.05, 0.1) is 30.0 Å². The highest BCUT2D eigenvalue weighted by atomic mass is 32.2. The largest absolute Gasteiger partial charge is 0.496 e. The minimum atomic E-state index is -0.330. The second-order valence-corrected chi connectivity index (χ2v) is 7.29. The van der Waals surface area contributed by atoms with Gasteiger partial charge in [-0.1, -0.05) is 12.1 Å². The molecule has 1 saturated heterocycles. The summed E-state index contributed by atoms with van der Waals surface area (Å²) in [6.07, 6.45) is 3.99. The van der Waals surface area contributed by atoms with Crippen molar-refractivity contribution >= 4 is 29.3 Å². The average molecular weight is 401 g/mol. The first-order valence-electron chi connectivity index (χ1n) is 9.14. The van der Waals surface area contributed by atoms with Crippen LogP contribution in [-0.4, -0.2) is 44.4 Å². The molecule has 0 aliphatic carbocycles. The van der Waals surface area contributed by atoms with Crippen molar-refractivity contribution < 1.29 is 19.1 Å². The number of carbonyl (C=O) groups is 2. The van der Waals surface area contributed by atoms with Crippen molar-refractivity contribution in [2.24, 2.45) is 0 Å². The van der Waals surface area contributed by atoms with E-state index < -0.39 is 0 Å². The summed E-state index contributed by atoms with van der Waals surface area (Å²) < 4.78 is 10.9. The van der Waals surface area contributed by atoms with Crippen molar-refractivity contribution in [1.29, 1.82) is 0 Å². The van der Waals surface area contributed by atoms with Gasteiger partial charge in [-0.2, -0.15) is 0 Å². The van der Waals surface area contributed by atoms with E-state index in [4.69, 9.17) is 9.47 Å². The zero-order chi connectivity index (χ0) is 19.9. The number of benzene rings is 2. The lowest BCUT2D eigenvalue weighted by molar-refractivity contribution is 0.0858. The second-order valence-electron chi connectivity index (χ2n) is 6.41. The molecule has 0 spiro atoms. The molecule has 28 heavy (non-hydrogen) atoms. The molecule has 0 bridgehead atoms. The molecule has 0 unspecified atom stereocenters. The third-order valence-electron chi connectivity index (χ3n) is 4.59. The van der Waals surface area contributed by atoms with Crippen LogP contribution in [0.1, 0.15) is 33.6 Å². The Balaban J connectivity index is 1.73. The Bertz CT molecular complexity index is 850. The van der Waals surface area contributed by atoms with E-state index in [9.17, 15) is 9.59 Å². The zero-order valence-corrected chi connectivity index (χ0v) is 16.8. The predicted octanol–water partition coefficient (Wildman–Crippen LogP) is 3.58. The summed E-state index contributed by atoms with van der Waals surface area (Å²) in [6.45, 7) is 1.20. The number of hydrogen-bond donors (Lipinski definition) is 2. The van der Waals surface area contributed by atoms with Crippen LogP contribution in [0.5, 0.6) is 5.75 Å². The molecular weight excluding hydrogens is 376 g/mol. The number of anilines is 1. The zero-order valence-electron chi connectivity index (χ0n) is 16.0. The van der Waals surface area contributed by atoms with Crippen molar-refractivity contribution in [3.63, 3.8) is 0 Å². The van der Waals surface area contributed by atoms with Crippen molar-refractivity contribution in [3.05, 3.63) is 53.6 Å². The van der Waals surface area contributed by atoms with Gasteiger partial charge in [-0.3, -0.25) is 9.59 Å². The first-order chi connectivity index (χ1) is 13.6. The Morgan fingerprint density at radius 2 is 2.00 bits per heavy atom. The van der Waals surface area contributed by atoms with Crippen molar-refractivity contribution in [3.8, 4) is 5.75 Å². The first kappa shape index (κ1) is 20.2. The molecule has 2 N–H and O–H groups in total. The maximum absolute atomic E-state index is 12.8. The highest BCUT2D eigenvalue weighted by molar-refractivity contribution is 7.98. The number of amides is 2. The maximum Gasteiger partial charge on any atom is 0.259 e. The lowest BCUT2D eigenvalue weighted by Gasteiger charge is -2.15.